The number of anilines is 4. The Morgan fingerprint density at radius 3 is 1.95 bits per heavy atom. The van der Waals surface area contributed by atoms with Crippen molar-refractivity contribution in [1.29, 1.82) is 0 Å². The van der Waals surface area contributed by atoms with Gasteiger partial charge in [0, 0.05) is 48.5 Å². The molecule has 40 heavy (non-hydrogen) atoms. The van der Waals surface area contributed by atoms with E-state index in [0.29, 0.717) is 0 Å². The lowest BCUT2D eigenvalue weighted by molar-refractivity contribution is -0.424. The molecule has 0 atom stereocenters. The van der Waals surface area contributed by atoms with E-state index in [9.17, 15) is 10.1 Å². The molecule has 0 spiro atoms. The van der Waals surface area contributed by atoms with Crippen LogP contribution in [0.2, 0.25) is 0 Å². The highest BCUT2D eigenvalue weighted by atomic mass is 16.6. The molecule has 0 saturated carbocycles. The van der Waals surface area contributed by atoms with Gasteiger partial charge in [-0.3, -0.25) is 10.1 Å². The molecule has 0 N–H and O–H groups in total. The van der Waals surface area contributed by atoms with Crippen LogP contribution in [-0.2, 0) is 0 Å². The minimum Gasteiger partial charge on any atom is -0.348 e. The maximum Gasteiger partial charge on any atom is 0.243 e. The number of allylic oxidation sites excluding steroid dienone is 4. The van der Waals surface area contributed by atoms with Gasteiger partial charge in [0.15, 0.2) is 0 Å². The van der Waals surface area contributed by atoms with Crippen LogP contribution in [-0.4, -0.2) is 12.0 Å². The first-order chi connectivity index (χ1) is 19.4. The number of benzene rings is 5. The minimum atomic E-state index is -0.382. The molecule has 5 rings (SSSR count). The monoisotopic (exact) mass is 525 g/mol. The van der Waals surface area contributed by atoms with Crippen LogP contribution in [0, 0.1) is 10.1 Å². The molecule has 0 aliphatic rings. The molecule has 0 bridgehead atoms. The molecule has 0 saturated heterocycles. The topological polar surface area (TPSA) is 49.6 Å². The predicted molar refractivity (Wildman–Crippen MR) is 167 cm³/mol. The fourth-order valence-corrected chi connectivity index (χ4v) is 4.66. The lowest BCUT2D eigenvalue weighted by atomic mass is 10.0. The standard InChI is InChI=1S/C35H31N3O2/c1-26(16-17-27(2)38(39)40)36(3)32-20-22-33(23-21-32)37(35-19-18-29-12-7-8-13-30(29)25-35)34-15-9-14-31(24-34)28-10-5-4-6-11-28/h4-25H,1-3H3/b26-16+,27-17+. The molecule has 0 amide bonds. The molecule has 0 fully saturated rings. The summed E-state index contributed by atoms with van der Waals surface area (Å²) in [5, 5.41) is 13.3. The van der Waals surface area contributed by atoms with Gasteiger partial charge < -0.3 is 9.80 Å². The highest BCUT2D eigenvalue weighted by molar-refractivity contribution is 5.90. The third-order valence-corrected chi connectivity index (χ3v) is 7.08. The van der Waals surface area contributed by atoms with Crippen molar-refractivity contribution in [3.63, 3.8) is 0 Å². The Bertz CT molecular complexity index is 1710. The number of hydrogen-bond donors (Lipinski definition) is 0. The van der Waals surface area contributed by atoms with Crippen molar-refractivity contribution < 1.29 is 4.92 Å². The lowest BCUT2D eigenvalue weighted by Gasteiger charge is -2.27. The average molecular weight is 526 g/mol. The fourth-order valence-electron chi connectivity index (χ4n) is 4.66. The Kier molecular flexibility index (Phi) is 7.74. The Morgan fingerprint density at radius 2 is 1.23 bits per heavy atom. The number of nitro groups is 1. The van der Waals surface area contributed by atoms with E-state index in [1.165, 1.54) is 29.3 Å². The molecule has 5 heteroatoms. The van der Waals surface area contributed by atoms with Gasteiger partial charge in [0.05, 0.1) is 4.92 Å². The summed E-state index contributed by atoms with van der Waals surface area (Å²) >= 11 is 0. The van der Waals surface area contributed by atoms with Gasteiger partial charge in [-0.25, -0.2) is 0 Å². The quantitative estimate of drug-likeness (QED) is 0.115. The van der Waals surface area contributed by atoms with Crippen molar-refractivity contribution in [2.24, 2.45) is 0 Å². The van der Waals surface area contributed by atoms with Crippen molar-refractivity contribution in [2.75, 3.05) is 16.8 Å². The van der Waals surface area contributed by atoms with Crippen molar-refractivity contribution in [1.82, 2.24) is 0 Å². The van der Waals surface area contributed by atoms with Crippen LogP contribution in [0.5, 0.6) is 0 Å². The van der Waals surface area contributed by atoms with Gasteiger partial charge in [-0.05, 0) is 83.4 Å². The largest absolute Gasteiger partial charge is 0.348 e. The number of nitrogens with zero attached hydrogens (tertiary/aromatic N) is 3. The van der Waals surface area contributed by atoms with Gasteiger partial charge >= 0.3 is 0 Å². The zero-order valence-corrected chi connectivity index (χ0v) is 22.9. The summed E-state index contributed by atoms with van der Waals surface area (Å²) in [6.07, 6.45) is 3.30. The van der Waals surface area contributed by atoms with Gasteiger partial charge in [0.2, 0.25) is 5.70 Å². The first-order valence-corrected chi connectivity index (χ1v) is 13.2. The Labute approximate surface area is 235 Å². The maximum atomic E-state index is 11.0. The fraction of sp³-hybridized carbons (Fsp3) is 0.0857. The van der Waals surface area contributed by atoms with Crippen molar-refractivity contribution in [3.8, 4) is 11.1 Å². The van der Waals surface area contributed by atoms with Gasteiger partial charge in [0.25, 0.3) is 0 Å². The third kappa shape index (κ3) is 5.79. The second kappa shape index (κ2) is 11.7. The van der Waals surface area contributed by atoms with E-state index >= 15 is 0 Å². The van der Waals surface area contributed by atoms with Crippen molar-refractivity contribution in [2.45, 2.75) is 13.8 Å². The van der Waals surface area contributed by atoms with Crippen LogP contribution >= 0.6 is 0 Å². The van der Waals surface area contributed by atoms with Gasteiger partial charge in [-0.2, -0.15) is 0 Å². The predicted octanol–water partition coefficient (Wildman–Crippen LogP) is 9.50. The first kappa shape index (κ1) is 26.4. The third-order valence-electron chi connectivity index (χ3n) is 7.08. The summed E-state index contributed by atoms with van der Waals surface area (Å²) in [6, 6.07) is 42.3. The van der Waals surface area contributed by atoms with E-state index in [4.69, 9.17) is 0 Å². The highest BCUT2D eigenvalue weighted by Crippen LogP contribution is 2.38. The smallest absolute Gasteiger partial charge is 0.243 e. The molecule has 0 aromatic heterocycles. The van der Waals surface area contributed by atoms with E-state index in [-0.39, 0.29) is 10.6 Å². The van der Waals surface area contributed by atoms with E-state index in [0.717, 1.165) is 34.0 Å². The maximum absolute atomic E-state index is 11.0. The van der Waals surface area contributed by atoms with Crippen LogP contribution in [0.25, 0.3) is 21.9 Å². The van der Waals surface area contributed by atoms with E-state index in [1.54, 1.807) is 6.08 Å². The normalized spacial score (nSPS) is 11.9. The van der Waals surface area contributed by atoms with Crippen LogP contribution in [0.1, 0.15) is 13.8 Å². The molecule has 0 radical (unpaired) electrons. The molecule has 198 valence electrons. The second-order valence-electron chi connectivity index (χ2n) is 9.73. The molecule has 5 aromatic rings. The average Bonchev–Trinajstić information content (AvgIpc) is 3.00. The number of fused-ring (bicyclic) bond motifs is 1. The molecular formula is C35H31N3O2. The summed E-state index contributed by atoms with van der Waals surface area (Å²) in [4.78, 5) is 14.9. The van der Waals surface area contributed by atoms with E-state index < -0.39 is 0 Å². The highest BCUT2D eigenvalue weighted by Gasteiger charge is 2.15. The van der Waals surface area contributed by atoms with Gasteiger partial charge in [-0.1, -0.05) is 72.8 Å². The summed E-state index contributed by atoms with van der Waals surface area (Å²) in [6.45, 7) is 3.43. The molecular weight excluding hydrogens is 494 g/mol. The Balaban J connectivity index is 1.55. The molecule has 0 heterocycles. The van der Waals surface area contributed by atoms with Crippen LogP contribution in [0.4, 0.5) is 22.7 Å². The Hall–Kier alpha value is -5.16. The van der Waals surface area contributed by atoms with Crippen LogP contribution < -0.4 is 9.80 Å². The summed E-state index contributed by atoms with van der Waals surface area (Å²) in [7, 11) is 1.96. The molecule has 5 aromatic carbocycles. The molecule has 0 aliphatic carbocycles. The minimum absolute atomic E-state index is 0.104. The zero-order valence-electron chi connectivity index (χ0n) is 22.9. The summed E-state index contributed by atoms with van der Waals surface area (Å²) in [5.41, 5.74) is 7.48. The van der Waals surface area contributed by atoms with Crippen molar-refractivity contribution >= 4 is 33.5 Å². The number of rotatable bonds is 8. The first-order valence-electron chi connectivity index (χ1n) is 13.2. The summed E-state index contributed by atoms with van der Waals surface area (Å²) in [5.74, 6) is 0. The molecule has 5 nitrogen and oxygen atoms in total. The van der Waals surface area contributed by atoms with Crippen molar-refractivity contribution in [3.05, 3.63) is 155 Å². The van der Waals surface area contributed by atoms with Gasteiger partial charge in [0.1, 0.15) is 0 Å². The molecule has 0 unspecified atom stereocenters. The zero-order chi connectivity index (χ0) is 28.1. The number of hydrogen-bond acceptors (Lipinski definition) is 4. The van der Waals surface area contributed by atoms with Gasteiger partial charge in [-0.15, -0.1) is 0 Å². The summed E-state index contributed by atoms with van der Waals surface area (Å²) < 4.78 is 0. The van der Waals surface area contributed by atoms with E-state index in [2.05, 4.69) is 120 Å². The lowest BCUT2D eigenvalue weighted by Crippen LogP contribution is -2.15. The molecule has 0 aliphatic heterocycles. The SMILES string of the molecule is C/C(=C\C=C(/C)[N+](=O)[O-])N(C)c1ccc(N(c2cccc(-c3ccccc3)c2)c2ccc3ccccc3c2)cc1. The van der Waals surface area contributed by atoms with Crippen LogP contribution in [0.3, 0.4) is 0 Å². The Morgan fingerprint density at radius 1 is 0.625 bits per heavy atom. The van der Waals surface area contributed by atoms with Crippen LogP contribution in [0.15, 0.2) is 145 Å². The van der Waals surface area contributed by atoms with E-state index in [1.807, 2.05) is 24.9 Å². The second-order valence-corrected chi connectivity index (χ2v) is 9.73.